The van der Waals surface area contributed by atoms with Crippen LogP contribution in [0.15, 0.2) is 24.4 Å². The number of methoxy groups -OCH3 is 1. The molecule has 7 nitrogen and oxygen atoms in total. The van der Waals surface area contributed by atoms with Crippen LogP contribution in [0.5, 0.6) is 5.75 Å². The van der Waals surface area contributed by atoms with Crippen LogP contribution in [-0.2, 0) is 6.54 Å². The Balaban J connectivity index is 1.84. The molecule has 30 heavy (non-hydrogen) atoms. The van der Waals surface area contributed by atoms with Crippen molar-refractivity contribution in [1.29, 1.82) is 0 Å². The standard InChI is InChI=1S/C22H31ClN4O3/c1-3-4-7-19(29)17-13-25-22(27-10-5-6-16(27)14-28)26-21(17)24-12-15-8-9-20(30-2)18(23)11-15/h8-9,11,13,16,19,28-29H,3-7,10,12,14H2,1-2H3,(H,24,25,26)/t16?,19-/m0/s1. The Hall–Kier alpha value is -2.09. The van der Waals surface area contributed by atoms with E-state index in [0.29, 0.717) is 41.1 Å². The summed E-state index contributed by atoms with van der Waals surface area (Å²) < 4.78 is 5.21. The van der Waals surface area contributed by atoms with Crippen molar-refractivity contribution in [3.05, 3.63) is 40.5 Å². The number of aliphatic hydroxyl groups excluding tert-OH is 2. The van der Waals surface area contributed by atoms with Crippen LogP contribution in [-0.4, -0.2) is 46.5 Å². The smallest absolute Gasteiger partial charge is 0.227 e. The third kappa shape index (κ3) is 5.33. The second-order valence-electron chi connectivity index (χ2n) is 7.63. The second kappa shape index (κ2) is 10.8. The van der Waals surface area contributed by atoms with Crippen molar-refractivity contribution in [3.8, 4) is 5.75 Å². The Labute approximate surface area is 183 Å². The molecule has 1 unspecified atom stereocenters. The molecule has 164 valence electrons. The van der Waals surface area contributed by atoms with Crippen molar-refractivity contribution >= 4 is 23.4 Å². The third-order valence-electron chi connectivity index (χ3n) is 5.52. The number of aromatic nitrogens is 2. The van der Waals surface area contributed by atoms with E-state index in [1.165, 1.54) is 0 Å². The van der Waals surface area contributed by atoms with E-state index < -0.39 is 6.10 Å². The van der Waals surface area contributed by atoms with Crippen molar-refractivity contribution in [2.24, 2.45) is 0 Å². The van der Waals surface area contributed by atoms with Crippen LogP contribution in [0, 0.1) is 0 Å². The van der Waals surface area contributed by atoms with Gasteiger partial charge in [0.1, 0.15) is 11.6 Å². The molecule has 1 aliphatic heterocycles. The fourth-order valence-corrected chi connectivity index (χ4v) is 4.03. The van der Waals surface area contributed by atoms with E-state index >= 15 is 0 Å². The zero-order valence-corrected chi connectivity index (χ0v) is 18.4. The highest BCUT2D eigenvalue weighted by molar-refractivity contribution is 6.32. The van der Waals surface area contributed by atoms with Gasteiger partial charge >= 0.3 is 0 Å². The quantitative estimate of drug-likeness (QED) is 0.521. The summed E-state index contributed by atoms with van der Waals surface area (Å²) in [6.07, 6.45) is 5.60. The molecule has 0 aliphatic carbocycles. The Morgan fingerprint density at radius 1 is 1.40 bits per heavy atom. The van der Waals surface area contributed by atoms with E-state index in [4.69, 9.17) is 21.3 Å². The largest absolute Gasteiger partial charge is 0.495 e. The minimum Gasteiger partial charge on any atom is -0.495 e. The lowest BCUT2D eigenvalue weighted by Crippen LogP contribution is -2.33. The molecule has 0 spiro atoms. The number of unbranched alkanes of at least 4 members (excludes halogenated alkanes) is 1. The molecule has 1 aromatic heterocycles. The van der Waals surface area contributed by atoms with E-state index in [1.807, 2.05) is 23.1 Å². The van der Waals surface area contributed by atoms with Crippen LogP contribution >= 0.6 is 11.6 Å². The molecule has 1 fully saturated rings. The van der Waals surface area contributed by atoms with Gasteiger partial charge in [-0.1, -0.05) is 37.4 Å². The minimum absolute atomic E-state index is 0.0362. The van der Waals surface area contributed by atoms with Gasteiger partial charge in [0.05, 0.1) is 30.9 Å². The number of halogens is 1. The van der Waals surface area contributed by atoms with Crippen LogP contribution in [0.3, 0.4) is 0 Å². The highest BCUT2D eigenvalue weighted by Crippen LogP contribution is 2.30. The van der Waals surface area contributed by atoms with E-state index in [1.54, 1.807) is 13.3 Å². The summed E-state index contributed by atoms with van der Waals surface area (Å²) in [5.74, 6) is 1.82. The lowest BCUT2D eigenvalue weighted by molar-refractivity contribution is 0.164. The first kappa shape index (κ1) is 22.6. The SMILES string of the molecule is CCCC[C@H](O)c1cnc(N2CCCC2CO)nc1NCc1ccc(OC)c(Cl)c1. The van der Waals surface area contributed by atoms with Gasteiger partial charge < -0.3 is 25.2 Å². The summed E-state index contributed by atoms with van der Waals surface area (Å²) in [4.78, 5) is 11.3. The number of anilines is 2. The summed E-state index contributed by atoms with van der Waals surface area (Å²) in [5.41, 5.74) is 1.66. The number of aliphatic hydroxyl groups is 2. The Bertz CT molecular complexity index is 836. The number of hydrogen-bond donors (Lipinski definition) is 3. The Morgan fingerprint density at radius 3 is 2.93 bits per heavy atom. The Morgan fingerprint density at radius 2 is 2.23 bits per heavy atom. The van der Waals surface area contributed by atoms with Gasteiger partial charge in [-0.15, -0.1) is 0 Å². The average molecular weight is 435 g/mol. The van der Waals surface area contributed by atoms with E-state index in [2.05, 4.69) is 17.2 Å². The molecule has 2 aromatic rings. The molecule has 0 bridgehead atoms. The summed E-state index contributed by atoms with van der Waals surface area (Å²) in [5, 5.41) is 24.2. The van der Waals surface area contributed by atoms with Crippen molar-refractivity contribution in [2.45, 2.75) is 57.7 Å². The summed E-state index contributed by atoms with van der Waals surface area (Å²) in [7, 11) is 1.59. The molecule has 3 N–H and O–H groups in total. The first-order valence-corrected chi connectivity index (χ1v) is 10.9. The van der Waals surface area contributed by atoms with Gasteiger partial charge in [0, 0.05) is 24.8 Å². The fraction of sp³-hybridized carbons (Fsp3) is 0.545. The van der Waals surface area contributed by atoms with Crippen LogP contribution in [0.25, 0.3) is 0 Å². The molecule has 8 heteroatoms. The van der Waals surface area contributed by atoms with Crippen molar-refractivity contribution in [2.75, 3.05) is 30.5 Å². The number of rotatable bonds is 10. The van der Waals surface area contributed by atoms with E-state index in [-0.39, 0.29) is 12.6 Å². The van der Waals surface area contributed by atoms with Crippen molar-refractivity contribution in [1.82, 2.24) is 9.97 Å². The summed E-state index contributed by atoms with van der Waals surface area (Å²) >= 11 is 6.24. The topological polar surface area (TPSA) is 90.7 Å². The molecule has 3 rings (SSSR count). The lowest BCUT2D eigenvalue weighted by atomic mass is 10.1. The number of ether oxygens (including phenoxy) is 1. The van der Waals surface area contributed by atoms with E-state index in [0.717, 1.165) is 37.8 Å². The van der Waals surface area contributed by atoms with E-state index in [9.17, 15) is 10.2 Å². The molecule has 1 saturated heterocycles. The molecule has 1 aliphatic rings. The molecule has 0 amide bonds. The number of hydrogen-bond acceptors (Lipinski definition) is 7. The molecule has 0 radical (unpaired) electrons. The van der Waals surface area contributed by atoms with Gasteiger partial charge in [-0.05, 0) is 37.0 Å². The van der Waals surface area contributed by atoms with Crippen molar-refractivity contribution in [3.63, 3.8) is 0 Å². The molecular formula is C22H31ClN4O3. The van der Waals surface area contributed by atoms with Gasteiger partial charge in [0.2, 0.25) is 5.95 Å². The van der Waals surface area contributed by atoms with Crippen molar-refractivity contribution < 1.29 is 14.9 Å². The Kier molecular flexibility index (Phi) is 8.13. The fourth-order valence-electron chi connectivity index (χ4n) is 3.75. The summed E-state index contributed by atoms with van der Waals surface area (Å²) in [6, 6.07) is 5.66. The maximum absolute atomic E-state index is 10.7. The van der Waals surface area contributed by atoms with Crippen LogP contribution in [0.2, 0.25) is 5.02 Å². The van der Waals surface area contributed by atoms with Gasteiger partial charge in [-0.3, -0.25) is 0 Å². The molecule has 2 heterocycles. The van der Waals surface area contributed by atoms with Crippen LogP contribution in [0.1, 0.15) is 56.3 Å². The van der Waals surface area contributed by atoms with Gasteiger partial charge in [0.15, 0.2) is 0 Å². The number of nitrogens with one attached hydrogen (secondary N) is 1. The first-order chi connectivity index (χ1) is 14.6. The van der Waals surface area contributed by atoms with Gasteiger partial charge in [-0.25, -0.2) is 4.98 Å². The predicted octanol–water partition coefficient (Wildman–Crippen LogP) is 3.94. The zero-order valence-electron chi connectivity index (χ0n) is 17.6. The normalized spacial score (nSPS) is 17.2. The first-order valence-electron chi connectivity index (χ1n) is 10.6. The maximum atomic E-state index is 10.7. The van der Waals surface area contributed by atoms with Crippen LogP contribution in [0.4, 0.5) is 11.8 Å². The third-order valence-corrected chi connectivity index (χ3v) is 5.81. The predicted molar refractivity (Wildman–Crippen MR) is 119 cm³/mol. The van der Waals surface area contributed by atoms with Gasteiger partial charge in [-0.2, -0.15) is 4.98 Å². The number of nitrogens with zero attached hydrogens (tertiary/aromatic N) is 3. The zero-order chi connectivity index (χ0) is 21.5. The monoisotopic (exact) mass is 434 g/mol. The van der Waals surface area contributed by atoms with Crippen LogP contribution < -0.4 is 15.0 Å². The molecule has 1 aromatic carbocycles. The highest BCUT2D eigenvalue weighted by atomic mass is 35.5. The lowest BCUT2D eigenvalue weighted by Gasteiger charge is -2.24. The molecular weight excluding hydrogens is 404 g/mol. The maximum Gasteiger partial charge on any atom is 0.227 e. The highest BCUT2D eigenvalue weighted by Gasteiger charge is 2.27. The summed E-state index contributed by atoms with van der Waals surface area (Å²) in [6.45, 7) is 3.49. The minimum atomic E-state index is -0.631. The number of benzene rings is 1. The molecule has 2 atom stereocenters. The average Bonchev–Trinajstić information content (AvgIpc) is 3.25. The second-order valence-corrected chi connectivity index (χ2v) is 8.03. The van der Waals surface area contributed by atoms with Gasteiger partial charge in [0.25, 0.3) is 0 Å². The molecule has 0 saturated carbocycles.